The van der Waals surface area contributed by atoms with Crippen molar-refractivity contribution in [2.24, 2.45) is 5.92 Å². The Hall–Kier alpha value is -2.07. The molecule has 1 N–H and O–H groups in total. The summed E-state index contributed by atoms with van der Waals surface area (Å²) < 4.78 is 5.88. The van der Waals surface area contributed by atoms with Gasteiger partial charge in [-0.05, 0) is 83.0 Å². The van der Waals surface area contributed by atoms with Crippen LogP contribution in [0.1, 0.15) is 76.3 Å². The molecule has 2 aliphatic heterocycles. The maximum atomic E-state index is 11.9. The van der Waals surface area contributed by atoms with E-state index in [0.717, 1.165) is 24.5 Å². The van der Waals surface area contributed by atoms with Gasteiger partial charge in [0.1, 0.15) is 5.76 Å². The third-order valence-corrected chi connectivity index (χ3v) is 7.03. The van der Waals surface area contributed by atoms with Crippen LogP contribution in [-0.4, -0.2) is 29.9 Å². The number of allylic oxidation sites excluding steroid dienone is 1. The summed E-state index contributed by atoms with van der Waals surface area (Å²) in [6.07, 6.45) is 16.2. The van der Waals surface area contributed by atoms with Crippen molar-refractivity contribution in [3.8, 4) is 11.3 Å². The number of nitrogens with zero attached hydrogens (tertiary/aromatic N) is 1. The fraction of sp³-hybridized carbons (Fsp3) is 0.577. The Balaban J connectivity index is 1.27. The summed E-state index contributed by atoms with van der Waals surface area (Å²) in [7, 11) is 0. The van der Waals surface area contributed by atoms with Crippen molar-refractivity contribution in [2.45, 2.75) is 76.8 Å². The van der Waals surface area contributed by atoms with Gasteiger partial charge in [0, 0.05) is 29.6 Å². The first-order valence-corrected chi connectivity index (χ1v) is 11.8. The third-order valence-electron chi connectivity index (χ3n) is 7.03. The quantitative estimate of drug-likeness (QED) is 0.576. The maximum absolute atomic E-state index is 11.9. The fourth-order valence-electron chi connectivity index (χ4n) is 5.26. The number of amides is 1. The Bertz CT molecular complexity index is 803. The van der Waals surface area contributed by atoms with Gasteiger partial charge in [-0.25, -0.2) is 0 Å². The van der Waals surface area contributed by atoms with E-state index in [-0.39, 0.29) is 5.91 Å². The highest BCUT2D eigenvalue weighted by Crippen LogP contribution is 2.36. The molecule has 0 aromatic carbocycles. The zero-order valence-electron chi connectivity index (χ0n) is 18.3. The summed E-state index contributed by atoms with van der Waals surface area (Å²) in [5, 5.41) is 3.21. The van der Waals surface area contributed by atoms with E-state index >= 15 is 0 Å². The first-order valence-electron chi connectivity index (χ1n) is 11.8. The lowest BCUT2D eigenvalue weighted by atomic mass is 9.83. The molecule has 2 fully saturated rings. The minimum atomic E-state index is 0.167. The van der Waals surface area contributed by atoms with E-state index in [9.17, 15) is 4.79 Å². The number of hydrogen-bond acceptors (Lipinski definition) is 3. The van der Waals surface area contributed by atoms with Gasteiger partial charge in [0.15, 0.2) is 0 Å². The smallest absolute Gasteiger partial charge is 0.224 e. The second-order valence-electron chi connectivity index (χ2n) is 9.12. The first kappa shape index (κ1) is 21.2. The van der Waals surface area contributed by atoms with E-state index in [1.165, 1.54) is 62.7 Å². The molecule has 4 heteroatoms. The summed E-state index contributed by atoms with van der Waals surface area (Å²) in [5.74, 6) is 1.94. The number of likely N-dealkylation sites (tertiary alicyclic amines) is 1. The molecule has 30 heavy (non-hydrogen) atoms. The van der Waals surface area contributed by atoms with Crippen LogP contribution in [0.3, 0.4) is 0 Å². The summed E-state index contributed by atoms with van der Waals surface area (Å²) in [4.78, 5) is 14.6. The molecule has 0 bridgehead atoms. The highest BCUT2D eigenvalue weighted by atomic mass is 16.3. The lowest BCUT2D eigenvalue weighted by Crippen LogP contribution is -2.38. The molecule has 0 aromatic rings. The molecular formula is C26H36N2O2. The highest BCUT2D eigenvalue weighted by molar-refractivity contribution is 5.77. The normalized spacial score (nSPS) is 25.7. The van der Waals surface area contributed by atoms with Gasteiger partial charge in [0.2, 0.25) is 5.91 Å². The standard InChI is InChI=1S/C26H36N2O2/c1-2-3-10-26(29)27-23-13-11-20(12-14-23)15-17-28-16-5-4-8-24(28)22-18-21-7-6-9-25(21)30-19-22/h2-3,6-7,9,18-20,23-24H,4-5,8,10-17H2,1H3,(H,27,29)/b3-2+. The summed E-state index contributed by atoms with van der Waals surface area (Å²) in [6, 6.07) is 9.44. The molecular weight excluding hydrogens is 372 g/mol. The van der Waals surface area contributed by atoms with Crippen LogP contribution in [-0.2, 0) is 4.79 Å². The highest BCUT2D eigenvalue weighted by Gasteiger charge is 2.27. The Morgan fingerprint density at radius 1 is 1.20 bits per heavy atom. The van der Waals surface area contributed by atoms with Crippen molar-refractivity contribution in [3.63, 3.8) is 0 Å². The van der Waals surface area contributed by atoms with Gasteiger partial charge in [-0.3, -0.25) is 9.69 Å². The van der Waals surface area contributed by atoms with Gasteiger partial charge in [0.25, 0.3) is 0 Å². The van der Waals surface area contributed by atoms with Gasteiger partial charge >= 0.3 is 0 Å². The van der Waals surface area contributed by atoms with Crippen molar-refractivity contribution < 1.29 is 9.21 Å². The lowest BCUT2D eigenvalue weighted by Gasteiger charge is -2.37. The summed E-state index contributed by atoms with van der Waals surface area (Å²) in [6.45, 7) is 4.33. The monoisotopic (exact) mass is 408 g/mol. The molecule has 162 valence electrons. The number of rotatable bonds is 7. The molecule has 1 atom stereocenters. The summed E-state index contributed by atoms with van der Waals surface area (Å²) in [5.41, 5.74) is 2.55. The second-order valence-corrected chi connectivity index (χ2v) is 9.12. The van der Waals surface area contributed by atoms with E-state index < -0.39 is 0 Å². The number of hydrogen-bond donors (Lipinski definition) is 1. The van der Waals surface area contributed by atoms with Crippen molar-refractivity contribution in [3.05, 3.63) is 48.2 Å². The van der Waals surface area contributed by atoms with E-state index in [4.69, 9.17) is 4.42 Å². The molecule has 1 saturated heterocycles. The van der Waals surface area contributed by atoms with Crippen LogP contribution in [0.2, 0.25) is 0 Å². The number of nitrogens with one attached hydrogen (secondary N) is 1. The van der Waals surface area contributed by atoms with Gasteiger partial charge in [-0.2, -0.15) is 0 Å². The Kier molecular flexibility index (Phi) is 7.27. The minimum Gasteiger partial charge on any atom is -0.464 e. The molecule has 2 heterocycles. The first-order chi connectivity index (χ1) is 14.7. The zero-order chi connectivity index (χ0) is 20.8. The molecule has 4 aliphatic rings. The van der Waals surface area contributed by atoms with E-state index in [1.54, 1.807) is 0 Å². The third kappa shape index (κ3) is 5.34. The largest absolute Gasteiger partial charge is 0.464 e. The van der Waals surface area contributed by atoms with Crippen LogP contribution in [0, 0.1) is 5.92 Å². The number of carbonyl (C=O) groups excluding carboxylic acids is 1. The number of fused-ring (bicyclic) bond motifs is 1. The minimum absolute atomic E-state index is 0.167. The van der Waals surface area contributed by atoms with E-state index in [0.29, 0.717) is 18.5 Å². The average Bonchev–Trinajstić information content (AvgIpc) is 3.25. The van der Waals surface area contributed by atoms with Gasteiger partial charge in [-0.15, -0.1) is 0 Å². The van der Waals surface area contributed by atoms with Crippen molar-refractivity contribution in [1.82, 2.24) is 10.2 Å². The van der Waals surface area contributed by atoms with Gasteiger partial charge in [0.05, 0.1) is 6.26 Å². The molecule has 1 unspecified atom stereocenters. The molecule has 4 nitrogen and oxygen atoms in total. The van der Waals surface area contributed by atoms with Gasteiger partial charge < -0.3 is 9.73 Å². The lowest BCUT2D eigenvalue weighted by molar-refractivity contribution is -0.121. The number of piperidine rings is 1. The fourth-order valence-corrected chi connectivity index (χ4v) is 5.26. The van der Waals surface area contributed by atoms with Crippen LogP contribution in [0.25, 0.3) is 11.3 Å². The predicted molar refractivity (Wildman–Crippen MR) is 121 cm³/mol. The van der Waals surface area contributed by atoms with Crippen LogP contribution in [0.15, 0.2) is 47.1 Å². The van der Waals surface area contributed by atoms with Crippen molar-refractivity contribution in [1.29, 1.82) is 0 Å². The van der Waals surface area contributed by atoms with E-state index in [2.05, 4.69) is 28.4 Å². The topological polar surface area (TPSA) is 45.5 Å². The predicted octanol–water partition coefficient (Wildman–Crippen LogP) is 5.94. The molecule has 1 amide bonds. The second kappa shape index (κ2) is 10.3. The molecule has 4 rings (SSSR count). The molecule has 0 radical (unpaired) electrons. The zero-order valence-corrected chi connectivity index (χ0v) is 18.3. The van der Waals surface area contributed by atoms with Gasteiger partial charge in [-0.1, -0.05) is 30.7 Å². The van der Waals surface area contributed by atoms with Crippen molar-refractivity contribution in [2.75, 3.05) is 13.1 Å². The average molecular weight is 409 g/mol. The Morgan fingerprint density at radius 2 is 2.07 bits per heavy atom. The van der Waals surface area contributed by atoms with Crippen molar-refractivity contribution >= 4 is 5.91 Å². The van der Waals surface area contributed by atoms with Crippen LogP contribution in [0.5, 0.6) is 0 Å². The SMILES string of the molecule is C/C=C/CC(=O)NC1CCC(CCN2CCCCC2c2coc3cccc-3c2)CC1. The van der Waals surface area contributed by atoms with E-state index in [1.807, 2.05) is 31.4 Å². The van der Waals surface area contributed by atoms with Crippen LogP contribution in [0.4, 0.5) is 0 Å². The number of carbonyl (C=O) groups is 1. The maximum Gasteiger partial charge on any atom is 0.224 e. The Morgan fingerprint density at radius 3 is 2.90 bits per heavy atom. The Labute approximate surface area is 181 Å². The van der Waals surface area contributed by atoms with Crippen LogP contribution < -0.4 is 5.32 Å². The molecule has 0 spiro atoms. The molecule has 2 aliphatic carbocycles. The molecule has 0 aromatic heterocycles. The van der Waals surface area contributed by atoms with Crippen LogP contribution >= 0.6 is 0 Å². The summed E-state index contributed by atoms with van der Waals surface area (Å²) >= 11 is 0. The molecule has 1 saturated carbocycles.